The second kappa shape index (κ2) is 15.3. The van der Waals surface area contributed by atoms with E-state index in [1.807, 2.05) is 0 Å². The SMILES string of the molecule is CCCCc1cc(C(F)(F)C(F)(F)C(F)(F)C(F)(F)C(F)(F)C(F)(F)C(F)(F)C(F)(F)c2cc(CCC)c(N)c(CCCC)c2)cc(CCC)c1N. The van der Waals surface area contributed by atoms with Gasteiger partial charge in [-0.05, 0) is 85.0 Å². The van der Waals surface area contributed by atoms with Crippen molar-refractivity contribution >= 4 is 11.4 Å². The van der Waals surface area contributed by atoms with Gasteiger partial charge in [0.1, 0.15) is 0 Å². The van der Waals surface area contributed by atoms with E-state index in [2.05, 4.69) is 0 Å². The van der Waals surface area contributed by atoms with Crippen LogP contribution in [0.2, 0.25) is 0 Å². The molecule has 0 spiro atoms. The first-order valence-electron chi connectivity index (χ1n) is 16.4. The van der Waals surface area contributed by atoms with Crippen LogP contribution in [0.4, 0.5) is 81.6 Å². The van der Waals surface area contributed by atoms with Crippen molar-refractivity contribution in [3.05, 3.63) is 57.6 Å². The molecule has 0 atom stereocenters. The van der Waals surface area contributed by atoms with Gasteiger partial charge in [0.2, 0.25) is 0 Å². The summed E-state index contributed by atoms with van der Waals surface area (Å²) in [7, 11) is 0. The fourth-order valence-electron chi connectivity index (χ4n) is 5.57. The molecule has 0 aliphatic heterocycles. The summed E-state index contributed by atoms with van der Waals surface area (Å²) in [5, 5.41) is 0. The van der Waals surface area contributed by atoms with Crippen molar-refractivity contribution in [3.8, 4) is 0 Å². The quantitative estimate of drug-likeness (QED) is 0.110. The van der Waals surface area contributed by atoms with E-state index in [0.717, 1.165) is 0 Å². The molecule has 0 bridgehead atoms. The van der Waals surface area contributed by atoms with Gasteiger partial charge in [0, 0.05) is 22.5 Å². The summed E-state index contributed by atoms with van der Waals surface area (Å²) in [6, 6.07) is 0.432. The third-order valence-corrected chi connectivity index (χ3v) is 8.83. The van der Waals surface area contributed by atoms with Gasteiger partial charge in [-0.15, -0.1) is 0 Å². The highest BCUT2D eigenvalue weighted by Gasteiger charge is 2.95. The molecular weight excluding hydrogens is 740 g/mol. The fraction of sp³-hybridized carbons (Fsp3) is 0.647. The van der Waals surface area contributed by atoms with E-state index in [1.54, 1.807) is 13.8 Å². The van der Waals surface area contributed by atoms with Crippen LogP contribution >= 0.6 is 0 Å². The minimum Gasteiger partial charge on any atom is -0.398 e. The Balaban J connectivity index is 2.77. The first-order chi connectivity index (χ1) is 23.5. The minimum absolute atomic E-state index is 0.0908. The smallest absolute Gasteiger partial charge is 0.385 e. The molecule has 0 saturated carbocycles. The zero-order valence-corrected chi connectivity index (χ0v) is 28.6. The third kappa shape index (κ3) is 7.12. The molecule has 0 heterocycles. The lowest BCUT2D eigenvalue weighted by Crippen LogP contribution is -2.74. The van der Waals surface area contributed by atoms with Gasteiger partial charge in [-0.25, -0.2) is 0 Å². The van der Waals surface area contributed by atoms with Crippen LogP contribution in [-0.2, 0) is 37.5 Å². The van der Waals surface area contributed by atoms with Crippen molar-refractivity contribution in [3.63, 3.8) is 0 Å². The van der Waals surface area contributed by atoms with Gasteiger partial charge >= 0.3 is 47.4 Å². The molecule has 0 radical (unpaired) electrons. The Labute approximate surface area is 290 Å². The summed E-state index contributed by atoms with van der Waals surface area (Å²) in [5.74, 6) is -62.3. The lowest BCUT2D eigenvalue weighted by atomic mass is 9.83. The topological polar surface area (TPSA) is 52.0 Å². The number of hydrogen-bond donors (Lipinski definition) is 2. The number of alkyl halides is 16. The number of nitrogen functional groups attached to an aromatic ring is 2. The highest BCUT2D eigenvalue weighted by Crippen LogP contribution is 2.66. The molecular formula is C34H40F16N2. The molecule has 52 heavy (non-hydrogen) atoms. The van der Waals surface area contributed by atoms with Crippen molar-refractivity contribution < 1.29 is 70.2 Å². The van der Waals surface area contributed by atoms with Gasteiger partial charge in [0.05, 0.1) is 0 Å². The Hall–Kier alpha value is -3.08. The van der Waals surface area contributed by atoms with Gasteiger partial charge < -0.3 is 11.5 Å². The number of aryl methyl sites for hydroxylation is 4. The molecule has 298 valence electrons. The largest absolute Gasteiger partial charge is 0.398 e. The Morgan fingerprint density at radius 2 is 0.596 bits per heavy atom. The minimum atomic E-state index is -8.53. The van der Waals surface area contributed by atoms with E-state index in [0.29, 0.717) is 12.8 Å². The van der Waals surface area contributed by atoms with Crippen LogP contribution in [0.5, 0.6) is 0 Å². The summed E-state index contributed by atoms with van der Waals surface area (Å²) in [5.41, 5.74) is 5.43. The van der Waals surface area contributed by atoms with Crippen LogP contribution in [0.3, 0.4) is 0 Å². The second-order valence-corrected chi connectivity index (χ2v) is 12.7. The molecule has 0 unspecified atom stereocenters. The molecule has 0 aliphatic rings. The lowest BCUT2D eigenvalue weighted by Gasteiger charge is -2.44. The molecule has 2 aromatic carbocycles. The van der Waals surface area contributed by atoms with Crippen molar-refractivity contribution in [2.45, 2.75) is 139 Å². The summed E-state index contributed by atoms with van der Waals surface area (Å²) in [6.45, 7) is 6.09. The Morgan fingerprint density at radius 1 is 0.365 bits per heavy atom. The summed E-state index contributed by atoms with van der Waals surface area (Å²) < 4.78 is 240. The van der Waals surface area contributed by atoms with Crippen molar-refractivity contribution in [2.24, 2.45) is 0 Å². The maximum Gasteiger partial charge on any atom is 0.385 e. The molecule has 2 aromatic rings. The molecule has 0 aliphatic carbocycles. The molecule has 18 heteroatoms. The average Bonchev–Trinajstić information content (AvgIpc) is 3.04. The van der Waals surface area contributed by atoms with Gasteiger partial charge in [-0.3, -0.25) is 0 Å². The van der Waals surface area contributed by atoms with Gasteiger partial charge in [0.25, 0.3) is 0 Å². The molecule has 2 nitrogen and oxygen atoms in total. The van der Waals surface area contributed by atoms with E-state index in [-0.39, 0.29) is 109 Å². The fourth-order valence-corrected chi connectivity index (χ4v) is 5.57. The number of hydrogen-bond acceptors (Lipinski definition) is 2. The van der Waals surface area contributed by atoms with E-state index in [1.165, 1.54) is 13.8 Å². The third-order valence-electron chi connectivity index (χ3n) is 8.83. The maximum absolute atomic E-state index is 15.3. The molecule has 0 amide bonds. The first-order valence-corrected chi connectivity index (χ1v) is 16.4. The van der Waals surface area contributed by atoms with Crippen LogP contribution in [0.25, 0.3) is 0 Å². The number of unbranched alkanes of at least 4 members (excludes halogenated alkanes) is 2. The van der Waals surface area contributed by atoms with Crippen LogP contribution in [0.15, 0.2) is 24.3 Å². The molecule has 0 saturated heterocycles. The van der Waals surface area contributed by atoms with Crippen LogP contribution in [0.1, 0.15) is 99.6 Å². The van der Waals surface area contributed by atoms with Crippen molar-refractivity contribution in [2.75, 3.05) is 11.5 Å². The van der Waals surface area contributed by atoms with E-state index >= 15 is 35.1 Å². The van der Waals surface area contributed by atoms with Crippen LogP contribution in [0, 0.1) is 0 Å². The Bertz CT molecular complexity index is 1420. The number of halogens is 16. The Kier molecular flexibility index (Phi) is 13.3. The number of rotatable bonds is 19. The second-order valence-electron chi connectivity index (χ2n) is 12.7. The summed E-state index contributed by atoms with van der Waals surface area (Å²) in [6.07, 6.45) is 0.233. The van der Waals surface area contributed by atoms with Gasteiger partial charge in [-0.1, -0.05) is 53.4 Å². The number of benzene rings is 2. The van der Waals surface area contributed by atoms with Gasteiger partial charge in [-0.2, -0.15) is 70.2 Å². The monoisotopic (exact) mass is 780 g/mol. The number of anilines is 2. The van der Waals surface area contributed by atoms with Crippen molar-refractivity contribution in [1.29, 1.82) is 0 Å². The number of nitrogens with two attached hydrogens (primary N) is 2. The first kappa shape index (κ1) is 45.1. The zero-order valence-electron chi connectivity index (χ0n) is 28.6. The predicted molar refractivity (Wildman–Crippen MR) is 164 cm³/mol. The average molecular weight is 781 g/mol. The maximum atomic E-state index is 15.3. The summed E-state index contributed by atoms with van der Waals surface area (Å²) >= 11 is 0. The summed E-state index contributed by atoms with van der Waals surface area (Å²) in [4.78, 5) is 0. The van der Waals surface area contributed by atoms with Crippen LogP contribution < -0.4 is 11.5 Å². The zero-order chi connectivity index (χ0) is 40.5. The molecule has 0 aromatic heterocycles. The molecule has 2 rings (SSSR count). The standard InChI is InChI=1S/C34H40F16N2/c1-5-9-13-21-17-23(15-19(11-7-3)25(21)51)27(35,36)29(39,40)31(43,44)33(47,48)34(49,50)32(45,46)30(41,42)28(37,38)24-16-20(12-8-4)26(52)22(18-24)14-10-6-2/h15-18H,5-14,51-52H2,1-4H3. The molecule has 0 fully saturated rings. The van der Waals surface area contributed by atoms with E-state index in [4.69, 9.17) is 11.5 Å². The predicted octanol–water partition coefficient (Wildman–Crippen LogP) is 12.1. The van der Waals surface area contributed by atoms with Crippen LogP contribution in [-0.4, -0.2) is 35.5 Å². The lowest BCUT2D eigenvalue weighted by molar-refractivity contribution is -0.456. The van der Waals surface area contributed by atoms with E-state index < -0.39 is 58.5 Å². The normalized spacial score (nSPS) is 14.3. The molecule has 4 N–H and O–H groups in total. The van der Waals surface area contributed by atoms with E-state index in [9.17, 15) is 35.1 Å². The highest BCUT2D eigenvalue weighted by atomic mass is 19.4. The highest BCUT2D eigenvalue weighted by molar-refractivity contribution is 5.58. The Morgan fingerprint density at radius 3 is 0.827 bits per heavy atom. The van der Waals surface area contributed by atoms with Gasteiger partial charge in [0.15, 0.2) is 0 Å². The van der Waals surface area contributed by atoms with Crippen molar-refractivity contribution in [1.82, 2.24) is 0 Å².